The van der Waals surface area contributed by atoms with Gasteiger partial charge in [-0.05, 0) is 51.7 Å². The van der Waals surface area contributed by atoms with Crippen LogP contribution in [-0.4, -0.2) is 37.1 Å². The summed E-state index contributed by atoms with van der Waals surface area (Å²) >= 11 is 0. The molecule has 0 N–H and O–H groups in total. The van der Waals surface area contributed by atoms with Gasteiger partial charge in [-0.2, -0.15) is 0 Å². The van der Waals surface area contributed by atoms with E-state index >= 15 is 0 Å². The maximum atomic E-state index is 5.76. The Hall–Kier alpha value is -3.86. The molecule has 0 aliphatic carbocycles. The molecule has 1 aliphatic rings. The van der Waals surface area contributed by atoms with E-state index in [0.717, 1.165) is 44.1 Å². The number of benzene rings is 5. The van der Waals surface area contributed by atoms with E-state index in [4.69, 9.17) is 9.47 Å². The molecule has 5 aromatic rings. The fraction of sp³-hybridized carbons (Fsp3) is 0.235. The van der Waals surface area contributed by atoms with E-state index < -0.39 is 0 Å². The van der Waals surface area contributed by atoms with Gasteiger partial charge in [-0.3, -0.25) is 9.80 Å². The third kappa shape index (κ3) is 4.62. The molecule has 0 saturated carbocycles. The second kappa shape index (κ2) is 10.9. The molecule has 1 saturated heterocycles. The number of hydrogen-bond acceptors (Lipinski definition) is 4. The van der Waals surface area contributed by atoms with Crippen molar-refractivity contribution in [2.75, 3.05) is 27.3 Å². The lowest BCUT2D eigenvalue weighted by Gasteiger charge is -2.45. The molecule has 192 valence electrons. The van der Waals surface area contributed by atoms with Crippen LogP contribution >= 0.6 is 0 Å². The Morgan fingerprint density at radius 3 is 1.55 bits per heavy atom. The lowest BCUT2D eigenvalue weighted by atomic mass is 9.92. The molecule has 0 unspecified atom stereocenters. The van der Waals surface area contributed by atoms with E-state index in [1.54, 1.807) is 14.2 Å². The van der Waals surface area contributed by atoms with Gasteiger partial charge < -0.3 is 9.47 Å². The predicted molar refractivity (Wildman–Crippen MR) is 156 cm³/mol. The third-order valence-corrected chi connectivity index (χ3v) is 7.79. The van der Waals surface area contributed by atoms with Crippen molar-refractivity contribution in [1.29, 1.82) is 0 Å². The number of fused-ring (bicyclic) bond motifs is 2. The minimum atomic E-state index is 0.0922. The SMILES string of the molecule is COc1ccccc1CN1CCCN(Cc2ccccc2OC)C1c1c2ccccc2cc2ccccc12. The minimum absolute atomic E-state index is 0.0922. The third-order valence-electron chi connectivity index (χ3n) is 7.79. The Morgan fingerprint density at radius 2 is 1.05 bits per heavy atom. The Balaban J connectivity index is 1.54. The first-order valence-electron chi connectivity index (χ1n) is 13.4. The minimum Gasteiger partial charge on any atom is -0.496 e. The predicted octanol–water partition coefficient (Wildman–Crippen LogP) is 7.42. The van der Waals surface area contributed by atoms with E-state index in [1.807, 2.05) is 12.1 Å². The highest BCUT2D eigenvalue weighted by Gasteiger charge is 2.34. The summed E-state index contributed by atoms with van der Waals surface area (Å²) in [4.78, 5) is 5.26. The van der Waals surface area contributed by atoms with Crippen LogP contribution in [0.5, 0.6) is 11.5 Å². The summed E-state index contributed by atoms with van der Waals surface area (Å²) < 4.78 is 11.5. The molecule has 1 heterocycles. The van der Waals surface area contributed by atoms with Crippen molar-refractivity contribution in [1.82, 2.24) is 9.80 Å². The van der Waals surface area contributed by atoms with Gasteiger partial charge in [0, 0.05) is 37.3 Å². The normalized spacial score (nSPS) is 15.2. The van der Waals surface area contributed by atoms with Crippen molar-refractivity contribution in [3.8, 4) is 11.5 Å². The van der Waals surface area contributed by atoms with Crippen molar-refractivity contribution in [2.24, 2.45) is 0 Å². The highest BCUT2D eigenvalue weighted by atomic mass is 16.5. The van der Waals surface area contributed by atoms with Gasteiger partial charge >= 0.3 is 0 Å². The summed E-state index contributed by atoms with van der Waals surface area (Å²) in [6.07, 6.45) is 1.19. The Labute approximate surface area is 225 Å². The molecule has 0 bridgehead atoms. The van der Waals surface area contributed by atoms with E-state index in [9.17, 15) is 0 Å². The second-order valence-electron chi connectivity index (χ2n) is 10.0. The smallest absolute Gasteiger partial charge is 0.123 e. The van der Waals surface area contributed by atoms with Gasteiger partial charge in [-0.15, -0.1) is 0 Å². The molecule has 5 aromatic carbocycles. The van der Waals surface area contributed by atoms with Crippen LogP contribution in [0.1, 0.15) is 29.3 Å². The van der Waals surface area contributed by atoms with Gasteiger partial charge in [0.25, 0.3) is 0 Å². The molecule has 4 heteroatoms. The van der Waals surface area contributed by atoms with Crippen LogP contribution in [0.3, 0.4) is 0 Å². The Morgan fingerprint density at radius 1 is 0.605 bits per heavy atom. The molecule has 38 heavy (non-hydrogen) atoms. The lowest BCUT2D eigenvalue weighted by Crippen LogP contribution is -2.47. The van der Waals surface area contributed by atoms with Gasteiger partial charge in [-0.1, -0.05) is 84.9 Å². The fourth-order valence-corrected chi connectivity index (χ4v) is 6.08. The summed E-state index contributed by atoms with van der Waals surface area (Å²) in [5, 5.41) is 5.18. The van der Waals surface area contributed by atoms with Crippen molar-refractivity contribution < 1.29 is 9.47 Å². The average Bonchev–Trinajstić information content (AvgIpc) is 2.97. The summed E-state index contributed by atoms with van der Waals surface area (Å²) in [6.45, 7) is 3.66. The zero-order valence-corrected chi connectivity index (χ0v) is 22.1. The first-order valence-corrected chi connectivity index (χ1v) is 13.4. The van der Waals surface area contributed by atoms with Gasteiger partial charge in [0.05, 0.1) is 20.4 Å². The van der Waals surface area contributed by atoms with Crippen molar-refractivity contribution in [3.05, 3.63) is 120 Å². The highest BCUT2D eigenvalue weighted by Crippen LogP contribution is 2.41. The number of ether oxygens (including phenoxy) is 2. The standard InChI is InChI=1S/C34H34N2O2/c1-37-31-18-9-5-14-27(31)23-35-20-11-21-36(24-28-15-6-10-19-32(28)38-2)34(35)33-29-16-7-3-12-25(29)22-26-13-4-8-17-30(26)33/h3-10,12-19,22,34H,11,20-21,23-24H2,1-2H3. The van der Waals surface area contributed by atoms with Crippen molar-refractivity contribution in [3.63, 3.8) is 0 Å². The van der Waals surface area contributed by atoms with Crippen LogP contribution in [0.2, 0.25) is 0 Å². The van der Waals surface area contributed by atoms with Gasteiger partial charge in [0.1, 0.15) is 11.5 Å². The number of hydrogen-bond donors (Lipinski definition) is 0. The molecule has 0 spiro atoms. The molecule has 1 aliphatic heterocycles. The maximum absolute atomic E-state index is 5.76. The first kappa shape index (κ1) is 24.5. The molecule has 0 amide bonds. The van der Waals surface area contributed by atoms with Crippen LogP contribution in [0.15, 0.2) is 103 Å². The maximum Gasteiger partial charge on any atom is 0.123 e. The topological polar surface area (TPSA) is 24.9 Å². The first-order chi connectivity index (χ1) is 18.8. The molecular formula is C34H34N2O2. The van der Waals surface area contributed by atoms with Crippen molar-refractivity contribution in [2.45, 2.75) is 25.7 Å². The summed E-state index contributed by atoms with van der Waals surface area (Å²) in [7, 11) is 3.53. The number of nitrogens with zero attached hydrogens (tertiary/aromatic N) is 2. The fourth-order valence-electron chi connectivity index (χ4n) is 6.08. The number of methoxy groups -OCH3 is 2. The van der Waals surface area contributed by atoms with Gasteiger partial charge in [0.2, 0.25) is 0 Å². The Kier molecular flexibility index (Phi) is 7.00. The van der Waals surface area contributed by atoms with Crippen molar-refractivity contribution >= 4 is 21.5 Å². The monoisotopic (exact) mass is 502 g/mol. The highest BCUT2D eigenvalue weighted by molar-refractivity contribution is 6.02. The molecular weight excluding hydrogens is 468 g/mol. The molecule has 0 radical (unpaired) electrons. The van der Waals surface area contributed by atoms with E-state index in [-0.39, 0.29) is 6.17 Å². The molecule has 1 fully saturated rings. The zero-order chi connectivity index (χ0) is 25.9. The van der Waals surface area contributed by atoms with Gasteiger partial charge in [0.15, 0.2) is 0 Å². The molecule has 4 nitrogen and oxygen atoms in total. The Bertz CT molecular complexity index is 1450. The number of para-hydroxylation sites is 2. The van der Waals surface area contributed by atoms with Crippen LogP contribution in [-0.2, 0) is 13.1 Å². The summed E-state index contributed by atoms with van der Waals surface area (Å²) in [5.41, 5.74) is 3.80. The average molecular weight is 503 g/mol. The van der Waals surface area contributed by atoms with E-state index in [2.05, 4.69) is 101 Å². The van der Waals surface area contributed by atoms with E-state index in [1.165, 1.54) is 38.2 Å². The van der Waals surface area contributed by atoms with Crippen LogP contribution < -0.4 is 9.47 Å². The largest absolute Gasteiger partial charge is 0.496 e. The molecule has 6 rings (SSSR count). The zero-order valence-electron chi connectivity index (χ0n) is 22.1. The van der Waals surface area contributed by atoms with E-state index in [0.29, 0.717) is 0 Å². The van der Waals surface area contributed by atoms with Crippen LogP contribution in [0.25, 0.3) is 21.5 Å². The van der Waals surface area contributed by atoms with Gasteiger partial charge in [-0.25, -0.2) is 0 Å². The second-order valence-corrected chi connectivity index (χ2v) is 10.0. The lowest BCUT2D eigenvalue weighted by molar-refractivity contribution is -0.00803. The van der Waals surface area contributed by atoms with Crippen LogP contribution in [0, 0.1) is 0 Å². The number of rotatable bonds is 7. The molecule has 0 atom stereocenters. The quantitative estimate of drug-likeness (QED) is 0.216. The summed E-state index contributed by atoms with van der Waals surface area (Å²) in [5.74, 6) is 1.88. The van der Waals surface area contributed by atoms with Crippen LogP contribution in [0.4, 0.5) is 0 Å². The summed E-state index contributed by atoms with van der Waals surface area (Å²) in [6, 6.07) is 36.8. The molecule has 0 aromatic heterocycles.